The van der Waals surface area contributed by atoms with Crippen molar-refractivity contribution >= 4 is 17.2 Å². The Hall–Kier alpha value is -1.65. The molecule has 0 saturated carbocycles. The average Bonchev–Trinajstić information content (AvgIpc) is 3.12. The molecule has 1 aromatic carbocycles. The highest BCUT2D eigenvalue weighted by Crippen LogP contribution is 2.36. The summed E-state index contributed by atoms with van der Waals surface area (Å²) in [5.41, 5.74) is 0.812. The summed E-state index contributed by atoms with van der Waals surface area (Å²) in [5.74, 6) is 0.0184. The highest BCUT2D eigenvalue weighted by atomic mass is 32.1. The molecule has 1 aliphatic heterocycles. The fourth-order valence-corrected chi connectivity index (χ4v) is 4.23. The number of ether oxygens (including phenoxy) is 1. The lowest BCUT2D eigenvalue weighted by Crippen LogP contribution is -2.50. The van der Waals surface area contributed by atoms with E-state index in [1.54, 1.807) is 11.3 Å². The monoisotopic (exact) mass is 329 g/mol. The Balaban J connectivity index is 1.83. The smallest absolute Gasteiger partial charge is 0.228 e. The summed E-state index contributed by atoms with van der Waals surface area (Å²) in [6.45, 7) is 3.46. The maximum atomic E-state index is 13.0. The molecule has 0 radical (unpaired) electrons. The quantitative estimate of drug-likeness (QED) is 0.898. The van der Waals surface area contributed by atoms with Gasteiger partial charge in [0.05, 0.1) is 11.5 Å². The molecular formula is C19H23NO2S. The maximum absolute atomic E-state index is 13.0. The predicted molar refractivity (Wildman–Crippen MR) is 93.7 cm³/mol. The second kappa shape index (κ2) is 7.28. The summed E-state index contributed by atoms with van der Waals surface area (Å²) in [6.07, 6.45) is 2.47. The van der Waals surface area contributed by atoms with Crippen LogP contribution in [0.15, 0.2) is 47.8 Å². The van der Waals surface area contributed by atoms with Gasteiger partial charge in [-0.1, -0.05) is 43.3 Å². The molecule has 23 heavy (non-hydrogen) atoms. The standard InChI is InChI=1S/C19H23NO2S/c1-2-16(15-7-4-3-5-8-15)18(21)20-19(10-12-22-13-11-19)17-9-6-14-23-17/h3-9,14,16H,2,10-13H2,1H3,(H,20,21)/t16-/m1/s1. The molecule has 0 spiro atoms. The lowest BCUT2D eigenvalue weighted by molar-refractivity contribution is -0.126. The zero-order chi connectivity index (χ0) is 16.1. The van der Waals surface area contributed by atoms with Crippen LogP contribution in [0.5, 0.6) is 0 Å². The first kappa shape index (κ1) is 16.2. The van der Waals surface area contributed by atoms with Gasteiger partial charge in [-0.15, -0.1) is 11.3 Å². The van der Waals surface area contributed by atoms with E-state index in [2.05, 4.69) is 29.8 Å². The Bertz CT molecular complexity index is 618. The van der Waals surface area contributed by atoms with Gasteiger partial charge in [0.2, 0.25) is 5.91 Å². The Morgan fingerprint density at radius 1 is 1.22 bits per heavy atom. The van der Waals surface area contributed by atoms with Crippen molar-refractivity contribution in [2.75, 3.05) is 13.2 Å². The second-order valence-electron chi connectivity index (χ2n) is 6.03. The molecule has 0 aliphatic carbocycles. The third-order valence-corrected chi connectivity index (χ3v) is 5.70. The molecule has 1 aliphatic rings. The summed E-state index contributed by atoms with van der Waals surface area (Å²) in [6, 6.07) is 14.2. The van der Waals surface area contributed by atoms with Gasteiger partial charge in [0.25, 0.3) is 0 Å². The van der Waals surface area contributed by atoms with Gasteiger partial charge in [0.1, 0.15) is 0 Å². The van der Waals surface area contributed by atoms with Crippen molar-refractivity contribution in [1.82, 2.24) is 5.32 Å². The highest BCUT2D eigenvalue weighted by Gasteiger charge is 2.38. The zero-order valence-electron chi connectivity index (χ0n) is 13.5. The van der Waals surface area contributed by atoms with E-state index in [1.807, 2.05) is 30.3 Å². The molecule has 4 heteroatoms. The van der Waals surface area contributed by atoms with Crippen LogP contribution in [0.2, 0.25) is 0 Å². The van der Waals surface area contributed by atoms with Crippen LogP contribution in [0, 0.1) is 0 Å². The van der Waals surface area contributed by atoms with E-state index < -0.39 is 0 Å². The number of benzene rings is 1. The molecule has 1 atom stereocenters. The van der Waals surface area contributed by atoms with Crippen molar-refractivity contribution in [1.29, 1.82) is 0 Å². The van der Waals surface area contributed by atoms with Gasteiger partial charge in [-0.25, -0.2) is 0 Å². The van der Waals surface area contributed by atoms with Crippen molar-refractivity contribution in [3.8, 4) is 0 Å². The van der Waals surface area contributed by atoms with E-state index >= 15 is 0 Å². The number of hydrogen-bond acceptors (Lipinski definition) is 3. The van der Waals surface area contributed by atoms with Gasteiger partial charge in [0.15, 0.2) is 0 Å². The molecule has 2 heterocycles. The molecule has 1 amide bonds. The van der Waals surface area contributed by atoms with Crippen LogP contribution < -0.4 is 5.32 Å². The molecule has 1 N–H and O–H groups in total. The topological polar surface area (TPSA) is 38.3 Å². The van der Waals surface area contributed by atoms with Crippen molar-refractivity contribution in [3.63, 3.8) is 0 Å². The number of carbonyl (C=O) groups is 1. The van der Waals surface area contributed by atoms with Crippen molar-refractivity contribution in [3.05, 3.63) is 58.3 Å². The first-order valence-corrected chi connectivity index (χ1v) is 9.12. The summed E-state index contributed by atoms with van der Waals surface area (Å²) < 4.78 is 5.53. The number of rotatable bonds is 5. The van der Waals surface area contributed by atoms with Crippen LogP contribution in [-0.2, 0) is 15.1 Å². The normalized spacial score (nSPS) is 18.3. The summed E-state index contributed by atoms with van der Waals surface area (Å²) in [5, 5.41) is 5.45. The number of nitrogens with one attached hydrogen (secondary N) is 1. The van der Waals surface area contributed by atoms with Gasteiger partial charge < -0.3 is 10.1 Å². The Kier molecular flexibility index (Phi) is 5.13. The maximum Gasteiger partial charge on any atom is 0.228 e. The first-order valence-electron chi connectivity index (χ1n) is 8.24. The lowest BCUT2D eigenvalue weighted by atomic mass is 9.86. The van der Waals surface area contributed by atoms with Crippen molar-refractivity contribution in [2.24, 2.45) is 0 Å². The van der Waals surface area contributed by atoms with Crippen LogP contribution in [0.4, 0.5) is 0 Å². The minimum atomic E-state index is -0.272. The van der Waals surface area contributed by atoms with Crippen LogP contribution >= 0.6 is 11.3 Å². The van der Waals surface area contributed by atoms with Crippen LogP contribution in [0.3, 0.4) is 0 Å². The van der Waals surface area contributed by atoms with Crippen LogP contribution in [-0.4, -0.2) is 19.1 Å². The van der Waals surface area contributed by atoms with Gasteiger partial charge in [-0.2, -0.15) is 0 Å². The lowest BCUT2D eigenvalue weighted by Gasteiger charge is -2.38. The largest absolute Gasteiger partial charge is 0.381 e. The minimum absolute atomic E-state index is 0.101. The second-order valence-corrected chi connectivity index (χ2v) is 6.98. The van der Waals surface area contributed by atoms with Crippen LogP contribution in [0.25, 0.3) is 0 Å². The van der Waals surface area contributed by atoms with Gasteiger partial charge in [-0.3, -0.25) is 4.79 Å². The van der Waals surface area contributed by atoms with E-state index in [0.29, 0.717) is 13.2 Å². The zero-order valence-corrected chi connectivity index (χ0v) is 14.3. The molecule has 2 aromatic rings. The van der Waals surface area contributed by atoms with E-state index in [0.717, 1.165) is 24.8 Å². The van der Waals surface area contributed by atoms with E-state index in [4.69, 9.17) is 4.74 Å². The Morgan fingerprint density at radius 2 is 1.96 bits per heavy atom. The Labute approximate surface area is 141 Å². The molecule has 3 nitrogen and oxygen atoms in total. The van der Waals surface area contributed by atoms with Gasteiger partial charge in [-0.05, 0) is 36.3 Å². The average molecular weight is 329 g/mol. The molecule has 122 valence electrons. The number of hydrogen-bond donors (Lipinski definition) is 1. The van der Waals surface area contributed by atoms with Gasteiger partial charge >= 0.3 is 0 Å². The molecule has 1 saturated heterocycles. The van der Waals surface area contributed by atoms with E-state index in [9.17, 15) is 4.79 Å². The first-order chi connectivity index (χ1) is 11.2. The van der Waals surface area contributed by atoms with E-state index in [1.165, 1.54) is 4.88 Å². The summed E-state index contributed by atoms with van der Waals surface area (Å²) in [7, 11) is 0. The third kappa shape index (κ3) is 3.48. The molecule has 0 bridgehead atoms. The fraction of sp³-hybridized carbons (Fsp3) is 0.421. The fourth-order valence-electron chi connectivity index (χ4n) is 3.28. The molecule has 1 fully saturated rings. The molecule has 1 aromatic heterocycles. The van der Waals surface area contributed by atoms with E-state index in [-0.39, 0.29) is 17.4 Å². The number of amides is 1. The Morgan fingerprint density at radius 3 is 2.57 bits per heavy atom. The third-order valence-electron chi connectivity index (χ3n) is 4.63. The number of thiophene rings is 1. The molecular weight excluding hydrogens is 306 g/mol. The SMILES string of the molecule is CC[C@@H](C(=O)NC1(c2cccs2)CCOCC1)c1ccccc1. The minimum Gasteiger partial charge on any atom is -0.381 e. The highest BCUT2D eigenvalue weighted by molar-refractivity contribution is 7.10. The predicted octanol–water partition coefficient (Wildman–Crippen LogP) is 4.06. The summed E-state index contributed by atoms with van der Waals surface area (Å²) in [4.78, 5) is 14.2. The molecule has 3 rings (SSSR count). The summed E-state index contributed by atoms with van der Waals surface area (Å²) >= 11 is 1.72. The number of carbonyl (C=O) groups excluding carboxylic acids is 1. The van der Waals surface area contributed by atoms with Gasteiger partial charge in [0, 0.05) is 18.1 Å². The van der Waals surface area contributed by atoms with Crippen molar-refractivity contribution < 1.29 is 9.53 Å². The van der Waals surface area contributed by atoms with Crippen LogP contribution in [0.1, 0.15) is 42.5 Å². The van der Waals surface area contributed by atoms with Crippen molar-refractivity contribution in [2.45, 2.75) is 37.6 Å². The molecule has 0 unspecified atom stereocenters.